The van der Waals surface area contributed by atoms with Crippen molar-refractivity contribution >= 4 is 17.4 Å². The zero-order valence-electron chi connectivity index (χ0n) is 13.8. The first-order valence-electron chi connectivity index (χ1n) is 7.77. The van der Waals surface area contributed by atoms with Crippen molar-refractivity contribution in [1.29, 1.82) is 0 Å². The van der Waals surface area contributed by atoms with Gasteiger partial charge in [0.25, 0.3) is 11.6 Å². The molecule has 1 heterocycles. The quantitative estimate of drug-likeness (QED) is 0.560. The van der Waals surface area contributed by atoms with Gasteiger partial charge in [0, 0.05) is 35.0 Å². The monoisotopic (exact) mass is 354 g/mol. The number of benzene rings is 2. The Hall–Kier alpha value is -3.55. The summed E-state index contributed by atoms with van der Waals surface area (Å²) >= 11 is 0. The third-order valence-corrected chi connectivity index (χ3v) is 3.82. The van der Waals surface area contributed by atoms with E-state index >= 15 is 0 Å². The number of amides is 1. The van der Waals surface area contributed by atoms with Gasteiger partial charge < -0.3 is 5.32 Å². The number of rotatable bonds is 5. The van der Waals surface area contributed by atoms with E-state index < -0.39 is 10.8 Å². The van der Waals surface area contributed by atoms with Crippen molar-refractivity contribution in [2.45, 2.75) is 13.5 Å². The zero-order chi connectivity index (χ0) is 18.7. The number of aryl methyl sites for hydroxylation is 1. The van der Waals surface area contributed by atoms with Crippen LogP contribution in [0, 0.1) is 22.9 Å². The van der Waals surface area contributed by atoms with Crippen molar-refractivity contribution in [2.75, 3.05) is 5.32 Å². The normalized spacial score (nSPS) is 10.5. The summed E-state index contributed by atoms with van der Waals surface area (Å²) in [5.41, 5.74) is 1.21. The zero-order valence-corrected chi connectivity index (χ0v) is 13.8. The maximum atomic E-state index is 13.8. The Morgan fingerprint density at radius 2 is 2.00 bits per heavy atom. The molecule has 1 aromatic heterocycles. The Kier molecular flexibility index (Phi) is 4.74. The minimum atomic E-state index is -0.565. The first kappa shape index (κ1) is 17.3. The van der Waals surface area contributed by atoms with E-state index in [0.717, 1.165) is 5.69 Å². The average Bonchev–Trinajstić information content (AvgIpc) is 2.96. The molecule has 0 aliphatic rings. The number of nitrogens with one attached hydrogen (secondary N) is 1. The minimum Gasteiger partial charge on any atom is -0.305 e. The summed E-state index contributed by atoms with van der Waals surface area (Å²) in [4.78, 5) is 22.5. The largest absolute Gasteiger partial charge is 0.305 e. The predicted octanol–water partition coefficient (Wildman–Crippen LogP) is 3.54. The number of nitro groups is 1. The molecule has 0 unspecified atom stereocenters. The van der Waals surface area contributed by atoms with Gasteiger partial charge in [0.05, 0.1) is 11.5 Å². The van der Waals surface area contributed by atoms with Crippen LogP contribution in [0.4, 0.5) is 15.9 Å². The summed E-state index contributed by atoms with van der Waals surface area (Å²) in [6.07, 6.45) is 0. The van der Waals surface area contributed by atoms with E-state index in [4.69, 9.17) is 0 Å². The van der Waals surface area contributed by atoms with E-state index in [0.29, 0.717) is 5.56 Å². The number of carbonyl (C=O) groups excluding carboxylic acids is 1. The maximum Gasteiger partial charge on any atom is 0.270 e. The van der Waals surface area contributed by atoms with Crippen LogP contribution in [0.3, 0.4) is 0 Å². The Labute approximate surface area is 148 Å². The molecule has 0 bridgehead atoms. The molecule has 0 atom stereocenters. The smallest absolute Gasteiger partial charge is 0.270 e. The molecular weight excluding hydrogens is 339 g/mol. The molecule has 7 nitrogen and oxygen atoms in total. The highest BCUT2D eigenvalue weighted by atomic mass is 19.1. The summed E-state index contributed by atoms with van der Waals surface area (Å²) in [5.74, 6) is -0.552. The van der Waals surface area contributed by atoms with Crippen LogP contribution in [-0.4, -0.2) is 20.6 Å². The van der Waals surface area contributed by atoms with Gasteiger partial charge in [0.1, 0.15) is 5.82 Å². The van der Waals surface area contributed by atoms with Crippen LogP contribution >= 0.6 is 0 Å². The predicted molar refractivity (Wildman–Crippen MR) is 93.5 cm³/mol. The van der Waals surface area contributed by atoms with E-state index in [1.54, 1.807) is 35.9 Å². The van der Waals surface area contributed by atoms with E-state index in [1.165, 1.54) is 30.3 Å². The van der Waals surface area contributed by atoms with Crippen molar-refractivity contribution < 1.29 is 14.1 Å². The molecule has 8 heteroatoms. The Balaban J connectivity index is 1.77. The fourth-order valence-corrected chi connectivity index (χ4v) is 2.47. The molecule has 0 fully saturated rings. The standard InChI is InChI=1S/C18H15FN4O3/c1-12-9-17(21-22(12)11-14-5-2-3-8-16(14)19)20-18(24)13-6-4-7-15(10-13)23(25)26/h2-10H,11H2,1H3,(H,20,21,24). The van der Waals surface area contributed by atoms with Crippen LogP contribution in [0.1, 0.15) is 21.6 Å². The van der Waals surface area contributed by atoms with E-state index in [1.807, 2.05) is 0 Å². The third-order valence-electron chi connectivity index (χ3n) is 3.82. The molecule has 0 spiro atoms. The lowest BCUT2D eigenvalue weighted by molar-refractivity contribution is -0.384. The molecule has 0 saturated carbocycles. The summed E-state index contributed by atoms with van der Waals surface area (Å²) < 4.78 is 15.4. The van der Waals surface area contributed by atoms with Gasteiger partial charge in [-0.2, -0.15) is 5.10 Å². The second-order valence-corrected chi connectivity index (χ2v) is 5.68. The number of hydrogen-bond donors (Lipinski definition) is 1. The Morgan fingerprint density at radius 1 is 1.23 bits per heavy atom. The van der Waals surface area contributed by atoms with Crippen LogP contribution in [-0.2, 0) is 6.54 Å². The van der Waals surface area contributed by atoms with Crippen molar-refractivity contribution in [2.24, 2.45) is 0 Å². The second kappa shape index (κ2) is 7.14. The van der Waals surface area contributed by atoms with Crippen molar-refractivity contribution in [3.8, 4) is 0 Å². The maximum absolute atomic E-state index is 13.8. The molecule has 0 saturated heterocycles. The number of halogens is 1. The molecule has 0 aliphatic carbocycles. The number of hydrogen-bond acceptors (Lipinski definition) is 4. The van der Waals surface area contributed by atoms with Crippen LogP contribution in [0.15, 0.2) is 54.6 Å². The van der Waals surface area contributed by atoms with E-state index in [2.05, 4.69) is 10.4 Å². The molecule has 3 rings (SSSR count). The van der Waals surface area contributed by atoms with Gasteiger partial charge in [-0.3, -0.25) is 19.6 Å². The highest BCUT2D eigenvalue weighted by molar-refractivity contribution is 6.04. The highest BCUT2D eigenvalue weighted by Gasteiger charge is 2.14. The first-order chi connectivity index (χ1) is 12.4. The molecule has 0 radical (unpaired) electrons. The molecule has 2 aromatic carbocycles. The van der Waals surface area contributed by atoms with Crippen LogP contribution < -0.4 is 5.32 Å². The molecular formula is C18H15FN4O3. The molecule has 0 aliphatic heterocycles. The Bertz CT molecular complexity index is 984. The number of non-ortho nitro benzene ring substituents is 1. The summed E-state index contributed by atoms with van der Waals surface area (Å²) in [5, 5.41) is 17.7. The number of anilines is 1. The number of aromatic nitrogens is 2. The van der Waals surface area contributed by atoms with E-state index in [-0.39, 0.29) is 29.4 Å². The van der Waals surface area contributed by atoms with Gasteiger partial charge >= 0.3 is 0 Å². The summed E-state index contributed by atoms with van der Waals surface area (Å²) in [6.45, 7) is 2.02. The number of carbonyl (C=O) groups is 1. The number of nitrogens with zero attached hydrogens (tertiary/aromatic N) is 3. The molecule has 1 amide bonds. The van der Waals surface area contributed by atoms with Crippen molar-refractivity contribution in [3.63, 3.8) is 0 Å². The number of nitro benzene ring substituents is 1. The van der Waals surface area contributed by atoms with Crippen molar-refractivity contribution in [3.05, 3.63) is 87.3 Å². The van der Waals surface area contributed by atoms with E-state index in [9.17, 15) is 19.3 Å². The molecule has 3 aromatic rings. The lowest BCUT2D eigenvalue weighted by Crippen LogP contribution is -2.13. The second-order valence-electron chi connectivity index (χ2n) is 5.68. The van der Waals surface area contributed by atoms with Crippen molar-refractivity contribution in [1.82, 2.24) is 9.78 Å². The lowest BCUT2D eigenvalue weighted by Gasteiger charge is -2.05. The van der Waals surface area contributed by atoms with Gasteiger partial charge in [-0.15, -0.1) is 0 Å². The fourth-order valence-electron chi connectivity index (χ4n) is 2.47. The average molecular weight is 354 g/mol. The van der Waals surface area contributed by atoms with Gasteiger partial charge in [-0.25, -0.2) is 4.39 Å². The summed E-state index contributed by atoms with van der Waals surface area (Å²) in [7, 11) is 0. The summed E-state index contributed by atoms with van der Waals surface area (Å²) in [6, 6.07) is 13.5. The van der Waals surface area contributed by atoms with Gasteiger partial charge in [-0.1, -0.05) is 24.3 Å². The first-order valence-corrected chi connectivity index (χ1v) is 7.77. The Morgan fingerprint density at radius 3 is 2.73 bits per heavy atom. The lowest BCUT2D eigenvalue weighted by atomic mass is 10.2. The van der Waals surface area contributed by atoms with Crippen LogP contribution in [0.25, 0.3) is 0 Å². The van der Waals surface area contributed by atoms with Gasteiger partial charge in [0.15, 0.2) is 5.82 Å². The highest BCUT2D eigenvalue weighted by Crippen LogP contribution is 2.16. The SMILES string of the molecule is Cc1cc(NC(=O)c2cccc([N+](=O)[O-])c2)nn1Cc1ccccc1F. The van der Waals surface area contributed by atoms with Crippen LogP contribution in [0.2, 0.25) is 0 Å². The third kappa shape index (κ3) is 3.75. The molecule has 26 heavy (non-hydrogen) atoms. The fraction of sp³-hybridized carbons (Fsp3) is 0.111. The topological polar surface area (TPSA) is 90.1 Å². The van der Waals surface area contributed by atoms with Gasteiger partial charge in [-0.05, 0) is 19.1 Å². The van der Waals surface area contributed by atoms with Crippen LogP contribution in [0.5, 0.6) is 0 Å². The van der Waals surface area contributed by atoms with Gasteiger partial charge in [0.2, 0.25) is 0 Å². The molecule has 1 N–H and O–H groups in total. The minimum absolute atomic E-state index is 0.153. The molecule has 132 valence electrons.